The average molecular weight is 475 g/mol. The number of para-hydroxylation sites is 1. The van der Waals surface area contributed by atoms with Crippen LogP contribution in [0.5, 0.6) is 0 Å². The summed E-state index contributed by atoms with van der Waals surface area (Å²) in [5, 5.41) is 9.04. The molecule has 0 aliphatic carbocycles. The monoisotopic (exact) mass is 474 g/mol. The van der Waals surface area contributed by atoms with Crippen LogP contribution >= 0.6 is 11.8 Å². The van der Waals surface area contributed by atoms with Gasteiger partial charge in [0.2, 0.25) is 15.9 Å². The highest BCUT2D eigenvalue weighted by Crippen LogP contribution is 2.28. The number of carbonyl (C=O) groups excluding carboxylic acids is 1. The van der Waals surface area contributed by atoms with Crippen molar-refractivity contribution in [2.45, 2.75) is 63.1 Å². The molecule has 7 nitrogen and oxygen atoms in total. The number of anilines is 1. The molecule has 32 heavy (non-hydrogen) atoms. The second-order valence-corrected chi connectivity index (χ2v) is 10.1. The van der Waals surface area contributed by atoms with Gasteiger partial charge in [-0.25, -0.2) is 18.5 Å². The van der Waals surface area contributed by atoms with Crippen LogP contribution in [0.4, 0.5) is 5.69 Å². The molecule has 0 spiro atoms. The van der Waals surface area contributed by atoms with Gasteiger partial charge in [-0.3, -0.25) is 4.79 Å². The number of fused-ring (bicyclic) bond motifs is 1. The summed E-state index contributed by atoms with van der Waals surface area (Å²) in [5.74, 6) is 0.114. The number of carbonyl (C=O) groups is 1. The van der Waals surface area contributed by atoms with Crippen LogP contribution in [-0.2, 0) is 34.2 Å². The van der Waals surface area contributed by atoms with E-state index in [2.05, 4.69) is 31.1 Å². The number of primary sulfonamides is 1. The molecular weight excluding hydrogens is 444 g/mol. The zero-order valence-corrected chi connectivity index (χ0v) is 20.4. The molecule has 0 saturated carbocycles. The molecule has 0 aliphatic heterocycles. The number of hydrogen-bond donors (Lipinski definition) is 2. The maximum absolute atomic E-state index is 12.8. The lowest BCUT2D eigenvalue weighted by atomic mass is 10.0. The van der Waals surface area contributed by atoms with Crippen molar-refractivity contribution in [2.75, 3.05) is 11.1 Å². The molecule has 3 aromatic rings. The first-order valence-electron chi connectivity index (χ1n) is 10.8. The maximum atomic E-state index is 12.8. The molecule has 0 fully saturated rings. The number of amides is 1. The Morgan fingerprint density at radius 1 is 1.12 bits per heavy atom. The van der Waals surface area contributed by atoms with E-state index in [4.69, 9.17) is 5.14 Å². The predicted octanol–water partition coefficient (Wildman–Crippen LogP) is 4.34. The number of nitrogens with one attached hydrogen (secondary N) is 1. The maximum Gasteiger partial charge on any atom is 0.238 e. The molecule has 0 aliphatic rings. The van der Waals surface area contributed by atoms with E-state index in [0.717, 1.165) is 54.6 Å². The van der Waals surface area contributed by atoms with Crippen LogP contribution in [0.2, 0.25) is 0 Å². The second-order valence-electron chi connectivity index (χ2n) is 7.59. The van der Waals surface area contributed by atoms with E-state index in [0.29, 0.717) is 10.7 Å². The van der Waals surface area contributed by atoms with Crippen molar-refractivity contribution in [1.82, 2.24) is 9.55 Å². The van der Waals surface area contributed by atoms with Gasteiger partial charge in [-0.15, -0.1) is 0 Å². The van der Waals surface area contributed by atoms with Gasteiger partial charge in [0.1, 0.15) is 0 Å². The molecule has 0 radical (unpaired) electrons. The van der Waals surface area contributed by atoms with E-state index in [-0.39, 0.29) is 16.6 Å². The number of sulfonamides is 1. The summed E-state index contributed by atoms with van der Waals surface area (Å²) >= 11 is 1.35. The zero-order valence-electron chi connectivity index (χ0n) is 18.7. The fraction of sp³-hybridized carbons (Fsp3) is 0.391. The second kappa shape index (κ2) is 10.5. The predicted molar refractivity (Wildman–Crippen MR) is 131 cm³/mol. The Labute approximate surface area is 193 Å². The number of nitrogens with two attached hydrogens (primary N) is 1. The van der Waals surface area contributed by atoms with Crippen molar-refractivity contribution in [3.63, 3.8) is 0 Å². The van der Waals surface area contributed by atoms with E-state index in [9.17, 15) is 13.2 Å². The first-order chi connectivity index (χ1) is 15.3. The van der Waals surface area contributed by atoms with E-state index in [1.165, 1.54) is 23.9 Å². The van der Waals surface area contributed by atoms with E-state index >= 15 is 0 Å². The number of imidazole rings is 1. The minimum atomic E-state index is -3.81. The number of benzene rings is 2. The number of aromatic nitrogens is 2. The number of aryl methyl sites for hydroxylation is 3. The Morgan fingerprint density at radius 2 is 1.81 bits per heavy atom. The lowest BCUT2D eigenvalue weighted by Gasteiger charge is -2.14. The Kier molecular flexibility index (Phi) is 7.97. The lowest BCUT2D eigenvalue weighted by molar-refractivity contribution is -0.113. The molecule has 3 N–H and O–H groups in total. The van der Waals surface area contributed by atoms with Gasteiger partial charge in [0.15, 0.2) is 5.16 Å². The standard InChI is InChI=1S/C23H30N4O3S2/c1-4-7-13-27-20-12-11-18(32(24,29)30)14-19(20)25-23(27)31-15-21(28)26-22-16(5-2)9-8-10-17(22)6-3/h8-12,14H,4-7,13,15H2,1-3H3,(H,26,28)(H2,24,29,30). The SMILES string of the molecule is CCCCn1c(SCC(=O)Nc2c(CC)cccc2CC)nc2cc(S(N)(=O)=O)ccc21. The van der Waals surface area contributed by atoms with Gasteiger partial charge < -0.3 is 9.88 Å². The molecule has 1 amide bonds. The number of unbranched alkanes of at least 4 members (excludes halogenated alkanes) is 1. The zero-order chi connectivity index (χ0) is 23.3. The molecular formula is C23H30N4O3S2. The Hall–Kier alpha value is -2.36. The normalized spacial score (nSPS) is 11.8. The van der Waals surface area contributed by atoms with Crippen molar-refractivity contribution in [3.8, 4) is 0 Å². The fourth-order valence-corrected chi connectivity index (χ4v) is 4.99. The minimum Gasteiger partial charge on any atom is -0.325 e. The quantitative estimate of drug-likeness (QED) is 0.425. The van der Waals surface area contributed by atoms with Gasteiger partial charge in [0, 0.05) is 12.2 Å². The molecule has 0 atom stereocenters. The van der Waals surface area contributed by atoms with Crippen LogP contribution in [0.25, 0.3) is 11.0 Å². The third kappa shape index (κ3) is 5.51. The average Bonchev–Trinajstić information content (AvgIpc) is 3.12. The lowest BCUT2D eigenvalue weighted by Crippen LogP contribution is -2.17. The molecule has 0 bridgehead atoms. The molecule has 9 heteroatoms. The smallest absolute Gasteiger partial charge is 0.238 e. The number of hydrogen-bond acceptors (Lipinski definition) is 5. The topological polar surface area (TPSA) is 107 Å². The number of rotatable bonds is 10. The first-order valence-corrected chi connectivity index (χ1v) is 13.4. The highest BCUT2D eigenvalue weighted by Gasteiger charge is 2.17. The summed E-state index contributed by atoms with van der Waals surface area (Å²) in [6.07, 6.45) is 3.64. The number of nitrogens with zero attached hydrogens (tertiary/aromatic N) is 2. The van der Waals surface area contributed by atoms with Gasteiger partial charge in [-0.05, 0) is 48.6 Å². The molecule has 172 valence electrons. The van der Waals surface area contributed by atoms with Crippen LogP contribution in [0.1, 0.15) is 44.7 Å². The summed E-state index contributed by atoms with van der Waals surface area (Å²) in [4.78, 5) is 17.4. The molecule has 1 aromatic heterocycles. The van der Waals surface area contributed by atoms with Gasteiger partial charge in [-0.1, -0.05) is 57.2 Å². The summed E-state index contributed by atoms with van der Waals surface area (Å²) < 4.78 is 25.5. The molecule has 1 heterocycles. The van der Waals surface area contributed by atoms with Gasteiger partial charge in [-0.2, -0.15) is 0 Å². The first kappa shape index (κ1) is 24.3. The van der Waals surface area contributed by atoms with E-state index in [1.54, 1.807) is 6.07 Å². The highest BCUT2D eigenvalue weighted by atomic mass is 32.2. The molecule has 0 saturated heterocycles. The highest BCUT2D eigenvalue weighted by molar-refractivity contribution is 7.99. The summed E-state index contributed by atoms with van der Waals surface area (Å²) in [5.41, 5.74) is 4.53. The Bertz CT molecular complexity index is 1200. The van der Waals surface area contributed by atoms with Crippen molar-refractivity contribution in [2.24, 2.45) is 5.14 Å². The Morgan fingerprint density at radius 3 is 2.41 bits per heavy atom. The molecule has 2 aromatic carbocycles. The summed E-state index contributed by atoms with van der Waals surface area (Å²) in [6.45, 7) is 7.00. The van der Waals surface area contributed by atoms with Crippen LogP contribution in [-0.4, -0.2) is 29.6 Å². The van der Waals surface area contributed by atoms with Crippen molar-refractivity contribution in [1.29, 1.82) is 0 Å². The van der Waals surface area contributed by atoms with Gasteiger partial charge in [0.25, 0.3) is 0 Å². The summed E-state index contributed by atoms with van der Waals surface area (Å²) in [7, 11) is -3.81. The van der Waals surface area contributed by atoms with Gasteiger partial charge in [0.05, 0.1) is 21.7 Å². The third-order valence-corrected chi connectivity index (χ3v) is 7.23. The number of thioether (sulfide) groups is 1. The van der Waals surface area contributed by atoms with E-state index < -0.39 is 10.0 Å². The van der Waals surface area contributed by atoms with Crippen molar-refractivity contribution >= 4 is 44.4 Å². The van der Waals surface area contributed by atoms with E-state index in [1.807, 2.05) is 22.8 Å². The minimum absolute atomic E-state index is 0.0303. The van der Waals surface area contributed by atoms with Crippen LogP contribution in [0.3, 0.4) is 0 Å². The van der Waals surface area contributed by atoms with Crippen LogP contribution in [0, 0.1) is 0 Å². The fourth-order valence-electron chi connectivity index (χ4n) is 3.62. The largest absolute Gasteiger partial charge is 0.325 e. The van der Waals surface area contributed by atoms with Crippen molar-refractivity contribution < 1.29 is 13.2 Å². The summed E-state index contributed by atoms with van der Waals surface area (Å²) in [6, 6.07) is 10.8. The molecule has 3 rings (SSSR count). The van der Waals surface area contributed by atoms with Crippen LogP contribution in [0.15, 0.2) is 46.5 Å². The van der Waals surface area contributed by atoms with Gasteiger partial charge >= 0.3 is 0 Å². The Balaban J connectivity index is 1.84. The van der Waals surface area contributed by atoms with Crippen LogP contribution < -0.4 is 10.5 Å². The third-order valence-electron chi connectivity index (χ3n) is 5.34. The molecule has 0 unspecified atom stereocenters. The van der Waals surface area contributed by atoms with Crippen molar-refractivity contribution in [3.05, 3.63) is 47.5 Å².